The van der Waals surface area contributed by atoms with E-state index < -0.39 is 11.6 Å². The van der Waals surface area contributed by atoms with Gasteiger partial charge in [0.2, 0.25) is 0 Å². The second kappa shape index (κ2) is 5.81. The molecule has 0 spiro atoms. The van der Waals surface area contributed by atoms with Crippen molar-refractivity contribution >= 4 is 15.9 Å². The fourth-order valence-electron chi connectivity index (χ4n) is 1.54. The average Bonchev–Trinajstić information content (AvgIpc) is 2.36. The Morgan fingerprint density at radius 3 is 2.58 bits per heavy atom. The summed E-state index contributed by atoms with van der Waals surface area (Å²) >= 11 is 3.17. The highest BCUT2D eigenvalue weighted by Crippen LogP contribution is 2.21. The summed E-state index contributed by atoms with van der Waals surface area (Å²) in [5, 5.41) is 8.62. The van der Waals surface area contributed by atoms with Crippen molar-refractivity contribution in [1.29, 1.82) is 5.26 Å². The minimum Gasteiger partial charge on any atom is -0.486 e. The van der Waals surface area contributed by atoms with E-state index in [0.717, 1.165) is 6.07 Å². The number of nitriles is 1. The van der Waals surface area contributed by atoms with E-state index in [0.29, 0.717) is 10.0 Å². The molecule has 0 aromatic heterocycles. The minimum atomic E-state index is -0.616. The van der Waals surface area contributed by atoms with Crippen LogP contribution in [0.3, 0.4) is 0 Å². The van der Waals surface area contributed by atoms with Crippen molar-refractivity contribution in [3.63, 3.8) is 0 Å². The molecule has 0 N–H and O–H groups in total. The van der Waals surface area contributed by atoms with Gasteiger partial charge in [0, 0.05) is 4.47 Å². The molecule has 0 aliphatic heterocycles. The molecular weight excluding hydrogens is 316 g/mol. The minimum absolute atomic E-state index is 0.0272. The van der Waals surface area contributed by atoms with E-state index in [1.807, 2.05) is 6.07 Å². The van der Waals surface area contributed by atoms with Gasteiger partial charge >= 0.3 is 0 Å². The van der Waals surface area contributed by atoms with Gasteiger partial charge in [-0.1, -0.05) is 15.9 Å². The standard InChI is InChI=1S/C14H8BrF2NO/c15-11-3-10(4-12(16)6-11)8-19-14-2-1-9(7-18)5-13(14)17/h1-6H,8H2. The average molecular weight is 324 g/mol. The molecule has 0 unspecified atom stereocenters. The summed E-state index contributed by atoms with van der Waals surface area (Å²) in [4.78, 5) is 0. The van der Waals surface area contributed by atoms with Crippen LogP contribution in [0.25, 0.3) is 0 Å². The molecule has 0 aliphatic rings. The summed E-state index contributed by atoms with van der Waals surface area (Å²) < 4.78 is 32.5. The fraction of sp³-hybridized carbons (Fsp3) is 0.0714. The first-order valence-electron chi connectivity index (χ1n) is 5.36. The summed E-state index contributed by atoms with van der Waals surface area (Å²) in [7, 11) is 0. The summed E-state index contributed by atoms with van der Waals surface area (Å²) in [6.45, 7) is 0.0409. The van der Waals surface area contributed by atoms with Crippen LogP contribution >= 0.6 is 15.9 Å². The highest BCUT2D eigenvalue weighted by Gasteiger charge is 2.06. The molecule has 2 aromatic rings. The van der Waals surface area contributed by atoms with Crippen LogP contribution in [0.1, 0.15) is 11.1 Å². The Labute approximate surface area is 117 Å². The quantitative estimate of drug-likeness (QED) is 0.849. The van der Waals surface area contributed by atoms with Gasteiger partial charge in [-0.2, -0.15) is 5.26 Å². The maximum absolute atomic E-state index is 13.5. The Morgan fingerprint density at radius 2 is 1.95 bits per heavy atom. The van der Waals surface area contributed by atoms with Gasteiger partial charge in [-0.25, -0.2) is 8.78 Å². The predicted molar refractivity (Wildman–Crippen MR) is 69.5 cm³/mol. The lowest BCUT2D eigenvalue weighted by atomic mass is 10.2. The van der Waals surface area contributed by atoms with E-state index in [-0.39, 0.29) is 17.9 Å². The first-order valence-corrected chi connectivity index (χ1v) is 6.15. The lowest BCUT2D eigenvalue weighted by Gasteiger charge is -2.08. The topological polar surface area (TPSA) is 33.0 Å². The van der Waals surface area contributed by atoms with Gasteiger partial charge in [0.25, 0.3) is 0 Å². The first-order chi connectivity index (χ1) is 9.08. The van der Waals surface area contributed by atoms with Crippen molar-refractivity contribution in [1.82, 2.24) is 0 Å². The van der Waals surface area contributed by atoms with E-state index >= 15 is 0 Å². The lowest BCUT2D eigenvalue weighted by Crippen LogP contribution is -1.98. The summed E-state index contributed by atoms with van der Waals surface area (Å²) in [6, 6.07) is 10.1. The Morgan fingerprint density at radius 1 is 1.16 bits per heavy atom. The van der Waals surface area contributed by atoms with Crippen LogP contribution in [-0.2, 0) is 6.61 Å². The van der Waals surface area contributed by atoms with Gasteiger partial charge in [0.15, 0.2) is 11.6 Å². The van der Waals surface area contributed by atoms with Crippen LogP contribution in [0.15, 0.2) is 40.9 Å². The highest BCUT2D eigenvalue weighted by molar-refractivity contribution is 9.10. The summed E-state index contributed by atoms with van der Waals surface area (Å²) in [6.07, 6.45) is 0. The van der Waals surface area contributed by atoms with E-state index in [1.165, 1.54) is 24.3 Å². The summed E-state index contributed by atoms with van der Waals surface area (Å²) in [5.74, 6) is -0.984. The van der Waals surface area contributed by atoms with Crippen LogP contribution in [0.5, 0.6) is 5.75 Å². The Bertz CT molecular complexity index is 632. The maximum Gasteiger partial charge on any atom is 0.166 e. The Balaban J connectivity index is 2.12. The second-order valence-electron chi connectivity index (χ2n) is 3.82. The van der Waals surface area contributed by atoms with Crippen molar-refractivity contribution in [2.24, 2.45) is 0 Å². The van der Waals surface area contributed by atoms with Crippen molar-refractivity contribution in [2.75, 3.05) is 0 Å². The van der Waals surface area contributed by atoms with Crippen molar-refractivity contribution in [2.45, 2.75) is 6.61 Å². The Kier molecular flexibility index (Phi) is 4.13. The molecule has 96 valence electrons. The Hall–Kier alpha value is -1.93. The molecule has 0 saturated heterocycles. The number of benzene rings is 2. The smallest absolute Gasteiger partial charge is 0.166 e. The van der Waals surface area contributed by atoms with Crippen LogP contribution in [0.4, 0.5) is 8.78 Å². The van der Waals surface area contributed by atoms with Crippen molar-refractivity contribution < 1.29 is 13.5 Å². The number of hydrogen-bond acceptors (Lipinski definition) is 2. The van der Waals surface area contributed by atoms with Crippen molar-refractivity contribution in [3.05, 3.63) is 63.6 Å². The van der Waals surface area contributed by atoms with Crippen molar-refractivity contribution in [3.8, 4) is 11.8 Å². The molecular formula is C14H8BrF2NO. The molecule has 0 aliphatic carbocycles. The molecule has 0 atom stereocenters. The number of rotatable bonds is 3. The number of ether oxygens (including phenoxy) is 1. The second-order valence-corrected chi connectivity index (χ2v) is 4.74. The SMILES string of the molecule is N#Cc1ccc(OCc2cc(F)cc(Br)c2)c(F)c1. The fourth-order valence-corrected chi connectivity index (χ4v) is 2.06. The molecule has 2 nitrogen and oxygen atoms in total. The van der Waals surface area contributed by atoms with Gasteiger partial charge < -0.3 is 4.74 Å². The number of hydrogen-bond donors (Lipinski definition) is 0. The maximum atomic E-state index is 13.5. The molecule has 2 rings (SSSR count). The summed E-state index contributed by atoms with van der Waals surface area (Å²) in [5.41, 5.74) is 0.800. The van der Waals surface area contributed by atoms with Gasteiger partial charge in [0.1, 0.15) is 12.4 Å². The normalized spacial score (nSPS) is 10.0. The molecule has 0 bridgehead atoms. The highest BCUT2D eigenvalue weighted by atomic mass is 79.9. The van der Waals surface area contributed by atoms with Gasteiger partial charge in [-0.05, 0) is 42.0 Å². The molecule has 5 heteroatoms. The zero-order chi connectivity index (χ0) is 13.8. The molecule has 0 fully saturated rings. The predicted octanol–water partition coefficient (Wildman–Crippen LogP) is 4.18. The number of nitrogens with zero attached hydrogens (tertiary/aromatic N) is 1. The van der Waals surface area contributed by atoms with Crippen LogP contribution < -0.4 is 4.74 Å². The molecule has 0 radical (unpaired) electrons. The first kappa shape index (κ1) is 13.5. The van der Waals surface area contributed by atoms with Crippen LogP contribution in [0.2, 0.25) is 0 Å². The monoisotopic (exact) mass is 323 g/mol. The zero-order valence-electron chi connectivity index (χ0n) is 9.66. The third-order valence-corrected chi connectivity index (χ3v) is 2.84. The van der Waals surface area contributed by atoms with Gasteiger partial charge in [0.05, 0.1) is 11.6 Å². The zero-order valence-corrected chi connectivity index (χ0v) is 11.2. The van der Waals surface area contributed by atoms with Gasteiger partial charge in [-0.3, -0.25) is 0 Å². The van der Waals surface area contributed by atoms with Gasteiger partial charge in [-0.15, -0.1) is 0 Å². The molecule has 2 aromatic carbocycles. The van der Waals surface area contributed by atoms with E-state index in [4.69, 9.17) is 10.00 Å². The van der Waals surface area contributed by atoms with Crippen LogP contribution in [0, 0.1) is 23.0 Å². The van der Waals surface area contributed by atoms with E-state index in [1.54, 1.807) is 6.07 Å². The lowest BCUT2D eigenvalue weighted by molar-refractivity contribution is 0.289. The molecule has 0 amide bonds. The van der Waals surface area contributed by atoms with Crippen LogP contribution in [-0.4, -0.2) is 0 Å². The molecule has 19 heavy (non-hydrogen) atoms. The van der Waals surface area contributed by atoms with E-state index in [2.05, 4.69) is 15.9 Å². The number of halogens is 3. The molecule has 0 saturated carbocycles. The largest absolute Gasteiger partial charge is 0.486 e. The third kappa shape index (κ3) is 3.52. The molecule has 0 heterocycles. The van der Waals surface area contributed by atoms with E-state index in [9.17, 15) is 8.78 Å². The third-order valence-electron chi connectivity index (χ3n) is 2.38.